The average molecular weight is 352 g/mol. The van der Waals surface area contributed by atoms with Gasteiger partial charge in [-0.05, 0) is 31.4 Å². The van der Waals surface area contributed by atoms with Crippen LogP contribution in [0.5, 0.6) is 0 Å². The molecule has 4 saturated heterocycles. The summed E-state index contributed by atoms with van der Waals surface area (Å²) in [7, 11) is 1.46. The molecule has 1 spiro atoms. The van der Waals surface area contributed by atoms with E-state index >= 15 is 0 Å². The largest absolute Gasteiger partial charge is 0.468 e. The minimum atomic E-state index is -0.848. The highest BCUT2D eigenvalue weighted by molar-refractivity contribution is 5.84. The van der Waals surface area contributed by atoms with Gasteiger partial charge in [-0.15, -0.1) is 0 Å². The molecule has 1 unspecified atom stereocenters. The Hall–Kier alpha value is -1.85. The van der Waals surface area contributed by atoms with E-state index in [2.05, 4.69) is 35.3 Å². The molecule has 0 aromatic heterocycles. The average Bonchev–Trinajstić information content (AvgIpc) is 3.13. The number of piperidine rings is 4. The molecule has 5 nitrogen and oxygen atoms in total. The fourth-order valence-electron chi connectivity index (χ4n) is 7.49. The number of esters is 1. The first-order chi connectivity index (χ1) is 12.6. The van der Waals surface area contributed by atoms with Crippen LogP contribution in [0.3, 0.4) is 0 Å². The third-order valence-electron chi connectivity index (χ3n) is 8.30. The van der Waals surface area contributed by atoms with E-state index in [1.54, 1.807) is 0 Å². The first-order valence-electron chi connectivity index (χ1n) is 9.64. The molecule has 26 heavy (non-hydrogen) atoms. The number of rotatable bonds is 1. The van der Waals surface area contributed by atoms with Crippen molar-refractivity contribution in [2.75, 3.05) is 19.0 Å². The summed E-state index contributed by atoms with van der Waals surface area (Å²) in [4.78, 5) is 15.7. The van der Waals surface area contributed by atoms with Crippen LogP contribution < -0.4 is 5.32 Å². The van der Waals surface area contributed by atoms with Gasteiger partial charge in [0.25, 0.3) is 0 Å². The summed E-state index contributed by atoms with van der Waals surface area (Å²) in [6, 6.07) is 8.89. The van der Waals surface area contributed by atoms with Crippen molar-refractivity contribution in [1.29, 1.82) is 0 Å². The van der Waals surface area contributed by atoms with Gasteiger partial charge in [-0.1, -0.05) is 29.8 Å². The third kappa shape index (κ3) is 1.28. The molecule has 0 radical (unpaired) electrons. The van der Waals surface area contributed by atoms with Gasteiger partial charge in [-0.25, -0.2) is 0 Å². The van der Waals surface area contributed by atoms with Crippen LogP contribution in [0.2, 0.25) is 0 Å². The van der Waals surface area contributed by atoms with Crippen LogP contribution >= 0.6 is 0 Å². The summed E-state index contributed by atoms with van der Waals surface area (Å²) in [6.07, 6.45) is 3.15. The lowest BCUT2D eigenvalue weighted by Crippen LogP contribution is -2.71. The second kappa shape index (κ2) is 4.52. The SMILES string of the molecule is C/C=C1/CN2[C@H]3C[C@@]45c6ccccc6N[C@@H]4[C@@H]2C[C@H]1[C@@]3(C(=O)OC)[C@H]5O. The van der Waals surface area contributed by atoms with Crippen molar-refractivity contribution in [2.24, 2.45) is 11.3 Å². The highest BCUT2D eigenvalue weighted by Crippen LogP contribution is 2.71. The van der Waals surface area contributed by atoms with Crippen LogP contribution in [-0.4, -0.2) is 53.9 Å². The molecule has 5 heteroatoms. The number of aliphatic hydroxyl groups excluding tert-OH is 1. The Kier molecular flexibility index (Phi) is 2.65. The van der Waals surface area contributed by atoms with Crippen LogP contribution in [0.1, 0.15) is 25.3 Å². The molecule has 7 rings (SSSR count). The second-order valence-electron chi connectivity index (χ2n) is 8.65. The zero-order valence-corrected chi connectivity index (χ0v) is 15.1. The number of nitrogens with one attached hydrogen (secondary N) is 1. The molecule has 5 fully saturated rings. The highest BCUT2D eigenvalue weighted by Gasteiger charge is 2.82. The molecule has 2 N–H and O–H groups in total. The summed E-state index contributed by atoms with van der Waals surface area (Å²) in [6.45, 7) is 2.96. The summed E-state index contributed by atoms with van der Waals surface area (Å²) in [5.74, 6) is -0.154. The maximum absolute atomic E-state index is 13.2. The number of allylic oxidation sites excluding steroid dienone is 1. The molecule has 1 aromatic carbocycles. The van der Waals surface area contributed by atoms with Gasteiger partial charge >= 0.3 is 5.97 Å². The van der Waals surface area contributed by atoms with E-state index in [4.69, 9.17) is 4.74 Å². The molecule has 5 bridgehead atoms. The number of fused-ring (bicyclic) bond motifs is 2. The Morgan fingerprint density at radius 3 is 3.00 bits per heavy atom. The molecule has 5 aliphatic heterocycles. The molecule has 0 amide bonds. The lowest BCUT2D eigenvalue weighted by Gasteiger charge is -2.60. The van der Waals surface area contributed by atoms with Crippen LogP contribution in [0, 0.1) is 11.3 Å². The molecular formula is C21H24N2O3. The monoisotopic (exact) mass is 352 g/mol. The van der Waals surface area contributed by atoms with Gasteiger partial charge in [0, 0.05) is 35.6 Å². The molecule has 6 aliphatic rings. The van der Waals surface area contributed by atoms with Gasteiger partial charge in [0.15, 0.2) is 0 Å². The zero-order valence-electron chi connectivity index (χ0n) is 15.1. The van der Waals surface area contributed by atoms with Gasteiger partial charge in [-0.2, -0.15) is 0 Å². The molecular weight excluding hydrogens is 328 g/mol. The van der Waals surface area contributed by atoms with E-state index in [0.29, 0.717) is 6.04 Å². The first kappa shape index (κ1) is 15.2. The minimum Gasteiger partial charge on any atom is -0.468 e. The van der Waals surface area contributed by atoms with Crippen LogP contribution in [-0.2, 0) is 14.9 Å². The number of carbonyl (C=O) groups is 1. The third-order valence-corrected chi connectivity index (χ3v) is 8.30. The summed E-state index contributed by atoms with van der Waals surface area (Å²) >= 11 is 0. The van der Waals surface area contributed by atoms with Gasteiger partial charge < -0.3 is 15.2 Å². The van der Waals surface area contributed by atoms with Crippen LogP contribution in [0.15, 0.2) is 35.9 Å². The van der Waals surface area contributed by atoms with Crippen molar-refractivity contribution in [3.05, 3.63) is 41.5 Å². The van der Waals surface area contributed by atoms with Crippen molar-refractivity contribution in [3.63, 3.8) is 0 Å². The fourth-order valence-corrected chi connectivity index (χ4v) is 7.49. The number of anilines is 1. The number of hydrogen-bond donors (Lipinski definition) is 2. The van der Waals surface area contributed by atoms with Crippen LogP contribution in [0.4, 0.5) is 5.69 Å². The smallest absolute Gasteiger partial charge is 0.316 e. The molecule has 8 atom stereocenters. The standard InChI is InChI=1S/C21H24N2O3/c1-3-11-10-23-15-8-13(11)21(19(25)26-2)16(23)9-20(18(21)24)12-6-4-5-7-14(12)22-17(15)20/h3-7,13,15-18,22,24H,8-10H2,1-2H3/b11-3-/t13-,15+,16+,17-,18+,20-,21+/m1/s1. The van der Waals surface area contributed by atoms with E-state index in [1.807, 2.05) is 12.1 Å². The van der Waals surface area contributed by atoms with Crippen molar-refractivity contribution >= 4 is 11.7 Å². The Balaban J connectivity index is 1.65. The molecule has 1 aromatic rings. The van der Waals surface area contributed by atoms with E-state index < -0.39 is 16.9 Å². The van der Waals surface area contributed by atoms with Gasteiger partial charge in [0.2, 0.25) is 0 Å². The van der Waals surface area contributed by atoms with Crippen molar-refractivity contribution < 1.29 is 14.6 Å². The Morgan fingerprint density at radius 1 is 1.42 bits per heavy atom. The van der Waals surface area contributed by atoms with Gasteiger partial charge in [0.05, 0.1) is 19.3 Å². The van der Waals surface area contributed by atoms with E-state index in [0.717, 1.165) is 25.1 Å². The predicted molar refractivity (Wildman–Crippen MR) is 96.7 cm³/mol. The summed E-state index contributed by atoms with van der Waals surface area (Å²) in [5.41, 5.74) is 2.34. The predicted octanol–water partition coefficient (Wildman–Crippen LogP) is 1.68. The van der Waals surface area contributed by atoms with E-state index in [9.17, 15) is 9.90 Å². The maximum Gasteiger partial charge on any atom is 0.316 e. The number of methoxy groups -OCH3 is 1. The minimum absolute atomic E-state index is 0.0570. The highest BCUT2D eigenvalue weighted by atomic mass is 16.5. The fraction of sp³-hybridized carbons (Fsp3) is 0.571. The number of ether oxygens (including phenoxy) is 1. The Bertz CT molecular complexity index is 867. The second-order valence-corrected chi connectivity index (χ2v) is 8.65. The zero-order chi connectivity index (χ0) is 17.8. The van der Waals surface area contributed by atoms with Crippen molar-refractivity contribution in [1.82, 2.24) is 4.90 Å². The Labute approximate surface area is 153 Å². The maximum atomic E-state index is 13.2. The normalized spacial score (nSPS) is 50.5. The number of hydrogen-bond acceptors (Lipinski definition) is 5. The number of benzene rings is 1. The summed E-state index contributed by atoms with van der Waals surface area (Å²) < 4.78 is 5.34. The number of nitrogens with zero attached hydrogens (tertiary/aromatic N) is 1. The van der Waals surface area contributed by atoms with Crippen LogP contribution in [0.25, 0.3) is 0 Å². The lowest BCUT2D eigenvalue weighted by atomic mass is 9.58. The molecule has 5 heterocycles. The molecule has 1 aliphatic carbocycles. The number of para-hydroxylation sites is 1. The molecule has 1 saturated carbocycles. The van der Waals surface area contributed by atoms with E-state index in [1.165, 1.54) is 18.2 Å². The quantitative estimate of drug-likeness (QED) is 0.595. The van der Waals surface area contributed by atoms with Crippen molar-refractivity contribution in [2.45, 2.75) is 49.4 Å². The molecule has 136 valence electrons. The number of carbonyl (C=O) groups excluding carboxylic acids is 1. The summed E-state index contributed by atoms with van der Waals surface area (Å²) in [5, 5.41) is 15.6. The van der Waals surface area contributed by atoms with E-state index in [-0.39, 0.29) is 24.0 Å². The van der Waals surface area contributed by atoms with Crippen molar-refractivity contribution in [3.8, 4) is 0 Å². The lowest BCUT2D eigenvalue weighted by molar-refractivity contribution is -0.179. The number of aliphatic hydroxyl groups is 1. The topological polar surface area (TPSA) is 61.8 Å². The first-order valence-corrected chi connectivity index (χ1v) is 9.64. The van der Waals surface area contributed by atoms with Gasteiger partial charge in [0.1, 0.15) is 5.41 Å². The Morgan fingerprint density at radius 2 is 2.23 bits per heavy atom. The van der Waals surface area contributed by atoms with Gasteiger partial charge in [-0.3, -0.25) is 9.69 Å².